The highest BCUT2D eigenvalue weighted by atomic mass is 16.5. The van der Waals surface area contributed by atoms with Crippen LogP contribution in [0.2, 0.25) is 0 Å². The quantitative estimate of drug-likeness (QED) is 0.760. The summed E-state index contributed by atoms with van der Waals surface area (Å²) in [7, 11) is 1.65. The lowest BCUT2D eigenvalue weighted by Crippen LogP contribution is -2.25. The summed E-state index contributed by atoms with van der Waals surface area (Å²) in [6.07, 6.45) is 5.95. The zero-order valence-corrected chi connectivity index (χ0v) is 12.3. The molecule has 1 aromatic carbocycles. The molecule has 2 aromatic heterocycles. The van der Waals surface area contributed by atoms with Gasteiger partial charge >= 0.3 is 0 Å². The Bertz CT molecular complexity index is 781. The van der Waals surface area contributed by atoms with Crippen molar-refractivity contribution >= 4 is 16.8 Å². The Hall–Kier alpha value is -2.82. The summed E-state index contributed by atoms with van der Waals surface area (Å²) in [6.45, 7) is 0.576. The lowest BCUT2D eigenvalue weighted by molar-refractivity contribution is 0.0954. The van der Waals surface area contributed by atoms with Gasteiger partial charge in [0.25, 0.3) is 5.91 Å². The third-order valence-electron chi connectivity index (χ3n) is 3.58. The maximum atomic E-state index is 11.9. The molecule has 3 aromatic rings. The van der Waals surface area contributed by atoms with Gasteiger partial charge in [0.15, 0.2) is 0 Å². The van der Waals surface area contributed by atoms with Gasteiger partial charge in [-0.05, 0) is 36.2 Å². The minimum atomic E-state index is -0.102. The summed E-state index contributed by atoms with van der Waals surface area (Å²) < 4.78 is 5.21. The van der Waals surface area contributed by atoms with E-state index < -0.39 is 0 Å². The molecule has 5 nitrogen and oxygen atoms in total. The van der Waals surface area contributed by atoms with E-state index in [1.54, 1.807) is 31.6 Å². The molecular formula is C17H17N3O2. The van der Waals surface area contributed by atoms with E-state index in [1.807, 2.05) is 24.4 Å². The maximum Gasteiger partial charge on any atom is 0.252 e. The summed E-state index contributed by atoms with van der Waals surface area (Å²) in [5.41, 5.74) is 2.78. The molecule has 0 aliphatic heterocycles. The Morgan fingerprint density at radius 3 is 3.05 bits per heavy atom. The van der Waals surface area contributed by atoms with E-state index in [0.717, 1.165) is 23.1 Å². The predicted octanol–water partition coefficient (Wildman–Crippen LogP) is 2.54. The second-order valence-corrected chi connectivity index (χ2v) is 4.97. The number of H-pyrrole nitrogens is 1. The number of carbonyl (C=O) groups is 1. The highest BCUT2D eigenvalue weighted by Gasteiger charge is 2.07. The largest absolute Gasteiger partial charge is 0.497 e. The van der Waals surface area contributed by atoms with Crippen molar-refractivity contribution in [1.82, 2.24) is 15.3 Å². The van der Waals surface area contributed by atoms with Crippen molar-refractivity contribution in [3.8, 4) is 5.75 Å². The Morgan fingerprint density at radius 2 is 2.27 bits per heavy atom. The molecule has 22 heavy (non-hydrogen) atoms. The number of nitrogens with zero attached hydrogens (tertiary/aromatic N) is 1. The van der Waals surface area contributed by atoms with Gasteiger partial charge in [-0.15, -0.1) is 0 Å². The number of pyridine rings is 1. The number of nitrogens with one attached hydrogen (secondary N) is 2. The molecule has 112 valence electrons. The van der Waals surface area contributed by atoms with Crippen LogP contribution in [-0.4, -0.2) is 29.5 Å². The van der Waals surface area contributed by atoms with E-state index in [9.17, 15) is 4.79 Å². The number of amides is 1. The molecule has 0 saturated heterocycles. The monoisotopic (exact) mass is 295 g/mol. The van der Waals surface area contributed by atoms with E-state index in [1.165, 1.54) is 5.56 Å². The van der Waals surface area contributed by atoms with Gasteiger partial charge in [0.1, 0.15) is 5.75 Å². The van der Waals surface area contributed by atoms with Crippen LogP contribution < -0.4 is 10.1 Å². The Kier molecular flexibility index (Phi) is 4.05. The van der Waals surface area contributed by atoms with E-state index in [0.29, 0.717) is 12.1 Å². The molecule has 0 bridgehead atoms. The fourth-order valence-corrected chi connectivity index (χ4v) is 2.41. The van der Waals surface area contributed by atoms with E-state index in [4.69, 9.17) is 4.74 Å². The fourth-order valence-electron chi connectivity index (χ4n) is 2.41. The Morgan fingerprint density at radius 1 is 1.36 bits per heavy atom. The number of fused-ring (bicyclic) bond motifs is 1. The van der Waals surface area contributed by atoms with Gasteiger partial charge in [0.2, 0.25) is 0 Å². The van der Waals surface area contributed by atoms with Crippen molar-refractivity contribution < 1.29 is 9.53 Å². The zero-order chi connectivity index (χ0) is 15.4. The van der Waals surface area contributed by atoms with Gasteiger partial charge in [-0.2, -0.15) is 0 Å². The highest BCUT2D eigenvalue weighted by molar-refractivity contribution is 5.93. The SMILES string of the molecule is COc1ccc2c(CCNC(=O)c3cccnc3)c[nH]c2c1. The van der Waals surface area contributed by atoms with E-state index in [2.05, 4.69) is 15.3 Å². The topological polar surface area (TPSA) is 67.0 Å². The van der Waals surface area contributed by atoms with Crippen molar-refractivity contribution in [1.29, 1.82) is 0 Å². The number of methoxy groups -OCH3 is 1. The van der Waals surface area contributed by atoms with Crippen molar-refractivity contribution in [2.75, 3.05) is 13.7 Å². The van der Waals surface area contributed by atoms with Gasteiger partial charge in [-0.1, -0.05) is 0 Å². The first-order chi connectivity index (χ1) is 10.8. The molecule has 1 amide bonds. The number of rotatable bonds is 5. The number of hydrogen-bond acceptors (Lipinski definition) is 3. The third kappa shape index (κ3) is 2.93. The van der Waals surface area contributed by atoms with E-state index in [-0.39, 0.29) is 5.91 Å². The van der Waals surface area contributed by atoms with Crippen LogP contribution >= 0.6 is 0 Å². The summed E-state index contributed by atoms with van der Waals surface area (Å²) in [6, 6.07) is 9.44. The predicted molar refractivity (Wildman–Crippen MR) is 85.1 cm³/mol. The average molecular weight is 295 g/mol. The molecule has 0 saturated carbocycles. The lowest BCUT2D eigenvalue weighted by atomic mass is 10.1. The first-order valence-electron chi connectivity index (χ1n) is 7.10. The maximum absolute atomic E-state index is 11.9. The van der Waals surface area contributed by atoms with Gasteiger partial charge in [0, 0.05) is 42.1 Å². The number of carbonyl (C=O) groups excluding carboxylic acids is 1. The third-order valence-corrected chi connectivity index (χ3v) is 3.58. The summed E-state index contributed by atoms with van der Waals surface area (Å²) in [5.74, 6) is 0.723. The van der Waals surface area contributed by atoms with Gasteiger partial charge in [-0.25, -0.2) is 0 Å². The standard InChI is InChI=1S/C17H17N3O2/c1-22-14-4-5-15-12(11-20-16(15)9-14)6-8-19-17(21)13-3-2-7-18-10-13/h2-5,7,9-11,20H,6,8H2,1H3,(H,19,21). The minimum Gasteiger partial charge on any atom is -0.497 e. The summed E-state index contributed by atoms with van der Waals surface area (Å²) >= 11 is 0. The van der Waals surface area contributed by atoms with Crippen LogP contribution in [0, 0.1) is 0 Å². The van der Waals surface area contributed by atoms with E-state index >= 15 is 0 Å². The van der Waals surface area contributed by atoms with Crippen molar-refractivity contribution in [2.24, 2.45) is 0 Å². The number of hydrogen-bond donors (Lipinski definition) is 2. The number of aromatic nitrogens is 2. The smallest absolute Gasteiger partial charge is 0.252 e. The van der Waals surface area contributed by atoms with Crippen LogP contribution in [-0.2, 0) is 6.42 Å². The molecule has 0 radical (unpaired) electrons. The molecular weight excluding hydrogens is 278 g/mol. The Labute approximate surface area is 128 Å². The molecule has 0 fully saturated rings. The molecule has 5 heteroatoms. The second kappa shape index (κ2) is 6.30. The Balaban J connectivity index is 1.63. The van der Waals surface area contributed by atoms with Crippen molar-refractivity contribution in [2.45, 2.75) is 6.42 Å². The lowest BCUT2D eigenvalue weighted by Gasteiger charge is -2.05. The normalized spacial score (nSPS) is 10.6. The molecule has 3 rings (SSSR count). The number of ether oxygens (including phenoxy) is 1. The molecule has 0 unspecified atom stereocenters. The number of aromatic amines is 1. The van der Waals surface area contributed by atoms with Crippen LogP contribution in [0.5, 0.6) is 5.75 Å². The number of benzene rings is 1. The fraction of sp³-hybridized carbons (Fsp3) is 0.176. The summed E-state index contributed by atoms with van der Waals surface area (Å²) in [5, 5.41) is 4.06. The van der Waals surface area contributed by atoms with Crippen LogP contribution in [0.3, 0.4) is 0 Å². The second-order valence-electron chi connectivity index (χ2n) is 4.97. The van der Waals surface area contributed by atoms with Gasteiger partial charge in [-0.3, -0.25) is 9.78 Å². The van der Waals surface area contributed by atoms with Gasteiger partial charge < -0.3 is 15.0 Å². The van der Waals surface area contributed by atoms with Crippen LogP contribution in [0.4, 0.5) is 0 Å². The molecule has 0 aliphatic carbocycles. The molecule has 0 spiro atoms. The van der Waals surface area contributed by atoms with Crippen LogP contribution in [0.15, 0.2) is 48.9 Å². The first kappa shape index (κ1) is 14.1. The zero-order valence-electron chi connectivity index (χ0n) is 12.3. The summed E-state index contributed by atoms with van der Waals surface area (Å²) in [4.78, 5) is 19.1. The van der Waals surface area contributed by atoms with Crippen molar-refractivity contribution in [3.63, 3.8) is 0 Å². The first-order valence-corrected chi connectivity index (χ1v) is 7.10. The minimum absolute atomic E-state index is 0.102. The van der Waals surface area contributed by atoms with Gasteiger partial charge in [0.05, 0.1) is 12.7 Å². The molecule has 0 aliphatic rings. The molecule has 0 atom stereocenters. The molecule has 2 N–H and O–H groups in total. The van der Waals surface area contributed by atoms with Crippen molar-refractivity contribution in [3.05, 3.63) is 60.0 Å². The average Bonchev–Trinajstić information content (AvgIpc) is 2.98. The molecule has 2 heterocycles. The van der Waals surface area contributed by atoms with Crippen LogP contribution in [0.1, 0.15) is 15.9 Å². The van der Waals surface area contributed by atoms with Crippen LogP contribution in [0.25, 0.3) is 10.9 Å². The highest BCUT2D eigenvalue weighted by Crippen LogP contribution is 2.23.